The second kappa shape index (κ2) is 18.6. The molecule has 0 aliphatic rings. The Morgan fingerprint density at radius 1 is 0.971 bits per heavy atom. The maximum Gasteiger partial charge on any atom is 0.305 e. The molecule has 35 heavy (non-hydrogen) atoms. The van der Waals surface area contributed by atoms with Crippen LogP contribution in [0, 0.1) is 6.92 Å². The van der Waals surface area contributed by atoms with Crippen LogP contribution in [0.4, 0.5) is 0 Å². The lowest BCUT2D eigenvalue weighted by Gasteiger charge is -2.05. The largest absolute Gasteiger partial charge is 0.469 e. The maximum absolute atomic E-state index is 12.2. The van der Waals surface area contributed by atoms with E-state index in [0.29, 0.717) is 19.4 Å². The number of nitrogens with zero attached hydrogens (tertiary/aromatic N) is 2. The van der Waals surface area contributed by atoms with Crippen molar-refractivity contribution in [2.75, 3.05) is 13.7 Å². The first-order valence-corrected chi connectivity index (χ1v) is 13.0. The zero-order valence-corrected chi connectivity index (χ0v) is 22.1. The van der Waals surface area contributed by atoms with Crippen LogP contribution >= 0.6 is 0 Å². The van der Waals surface area contributed by atoms with Gasteiger partial charge in [0.25, 0.3) is 0 Å². The van der Waals surface area contributed by atoms with Gasteiger partial charge in [-0.1, -0.05) is 38.3 Å². The Bertz CT molecular complexity index is 839. The molecule has 0 radical (unpaired) electrons. The Labute approximate surface area is 210 Å². The number of ketones is 1. The molecule has 0 atom stereocenters. The molecule has 0 N–H and O–H groups in total. The number of hydrogen-bond donors (Lipinski definition) is 0. The number of ether oxygens (including phenoxy) is 2. The fourth-order valence-electron chi connectivity index (χ4n) is 3.73. The van der Waals surface area contributed by atoms with Gasteiger partial charge in [-0.15, -0.1) is 0 Å². The highest BCUT2D eigenvalue weighted by molar-refractivity contribution is 5.93. The lowest BCUT2D eigenvalue weighted by Crippen LogP contribution is -2.04. The number of esters is 2. The van der Waals surface area contributed by atoms with Crippen molar-refractivity contribution < 1.29 is 23.9 Å². The number of methoxy groups -OCH3 is 1. The standard InChI is InChI=1S/C28H44N2O5/c1-5-6-11-16-25(32)19-20-27-26(17-12-7-8-13-18-28(33)34-4)23(2)30(29-27)21-14-9-10-15-22-35-24(3)31/h7,12,19-20H,5-6,8-11,13-18,21-22H2,1-4H3/b12-7-,20-19?. The van der Waals surface area contributed by atoms with Crippen LogP contribution in [-0.4, -0.2) is 41.2 Å². The second-order valence-electron chi connectivity index (χ2n) is 8.83. The topological polar surface area (TPSA) is 87.5 Å². The summed E-state index contributed by atoms with van der Waals surface area (Å²) in [7, 11) is 1.41. The van der Waals surface area contributed by atoms with E-state index in [2.05, 4.69) is 30.7 Å². The molecule has 7 nitrogen and oxygen atoms in total. The van der Waals surface area contributed by atoms with Gasteiger partial charge in [0.2, 0.25) is 0 Å². The highest BCUT2D eigenvalue weighted by atomic mass is 16.5. The Kier molecular flexibility index (Phi) is 16.1. The third-order valence-electron chi connectivity index (χ3n) is 5.85. The number of aromatic nitrogens is 2. The van der Waals surface area contributed by atoms with Crippen molar-refractivity contribution in [3.05, 3.63) is 35.2 Å². The Balaban J connectivity index is 2.73. The van der Waals surface area contributed by atoms with Crippen molar-refractivity contribution in [3.63, 3.8) is 0 Å². The second-order valence-corrected chi connectivity index (χ2v) is 8.83. The molecule has 0 saturated carbocycles. The molecular weight excluding hydrogens is 444 g/mol. The van der Waals surface area contributed by atoms with Gasteiger partial charge < -0.3 is 9.47 Å². The van der Waals surface area contributed by atoms with Crippen molar-refractivity contribution in [2.24, 2.45) is 0 Å². The fourth-order valence-corrected chi connectivity index (χ4v) is 3.73. The Hall–Kier alpha value is -2.70. The van der Waals surface area contributed by atoms with Gasteiger partial charge in [0.15, 0.2) is 5.78 Å². The van der Waals surface area contributed by atoms with Gasteiger partial charge in [0.05, 0.1) is 19.4 Å². The number of allylic oxidation sites excluding steroid dienone is 3. The molecule has 1 aromatic heterocycles. The normalized spacial score (nSPS) is 11.4. The number of unbranched alkanes of at least 4 members (excludes halogenated alkanes) is 6. The average Bonchev–Trinajstić information content (AvgIpc) is 3.13. The molecular formula is C28H44N2O5. The molecule has 1 aromatic rings. The highest BCUT2D eigenvalue weighted by Gasteiger charge is 2.12. The molecule has 1 heterocycles. The molecule has 7 heteroatoms. The van der Waals surface area contributed by atoms with Gasteiger partial charge in [-0.3, -0.25) is 19.1 Å². The summed E-state index contributed by atoms with van der Waals surface area (Å²) in [6.45, 7) is 6.93. The van der Waals surface area contributed by atoms with E-state index in [1.165, 1.54) is 14.0 Å². The maximum atomic E-state index is 12.2. The van der Waals surface area contributed by atoms with Gasteiger partial charge in [-0.05, 0) is 64.0 Å². The van der Waals surface area contributed by atoms with Gasteiger partial charge in [-0.25, -0.2) is 0 Å². The minimum Gasteiger partial charge on any atom is -0.469 e. The number of rotatable bonds is 19. The van der Waals surface area contributed by atoms with Gasteiger partial charge in [-0.2, -0.15) is 5.10 Å². The van der Waals surface area contributed by atoms with E-state index in [0.717, 1.165) is 87.7 Å². The molecule has 0 unspecified atom stereocenters. The van der Waals surface area contributed by atoms with E-state index in [1.807, 2.05) is 10.8 Å². The first kappa shape index (κ1) is 30.3. The number of hydrogen-bond acceptors (Lipinski definition) is 6. The van der Waals surface area contributed by atoms with Crippen LogP contribution in [0.3, 0.4) is 0 Å². The minimum absolute atomic E-state index is 0.141. The van der Waals surface area contributed by atoms with Crippen molar-refractivity contribution in [2.45, 2.75) is 104 Å². The SMILES string of the molecule is CCCCCC(=O)C=Cc1nn(CCCCCCOC(C)=O)c(C)c1C/C=C\CCCC(=O)OC. The summed E-state index contributed by atoms with van der Waals surface area (Å²) in [5.74, 6) is -0.271. The molecule has 0 saturated heterocycles. The van der Waals surface area contributed by atoms with Crippen molar-refractivity contribution in [1.29, 1.82) is 0 Å². The number of aryl methyl sites for hydroxylation is 1. The Morgan fingerprint density at radius 3 is 2.46 bits per heavy atom. The summed E-state index contributed by atoms with van der Waals surface area (Å²) in [6, 6.07) is 0. The summed E-state index contributed by atoms with van der Waals surface area (Å²) in [6.07, 6.45) is 18.0. The molecule has 0 bridgehead atoms. The number of carbonyl (C=O) groups is 3. The molecule has 196 valence electrons. The van der Waals surface area contributed by atoms with Crippen LogP contribution < -0.4 is 0 Å². The van der Waals surface area contributed by atoms with Crippen molar-refractivity contribution in [1.82, 2.24) is 9.78 Å². The van der Waals surface area contributed by atoms with Crippen LogP contribution in [0.15, 0.2) is 18.2 Å². The Morgan fingerprint density at radius 2 is 1.74 bits per heavy atom. The summed E-state index contributed by atoms with van der Waals surface area (Å²) >= 11 is 0. The zero-order chi connectivity index (χ0) is 25.9. The minimum atomic E-state index is -0.230. The molecule has 0 aliphatic heterocycles. The monoisotopic (exact) mass is 488 g/mol. The smallest absolute Gasteiger partial charge is 0.305 e. The van der Waals surface area contributed by atoms with E-state index in [9.17, 15) is 14.4 Å². The van der Waals surface area contributed by atoms with Gasteiger partial charge in [0, 0.05) is 37.6 Å². The lowest BCUT2D eigenvalue weighted by atomic mass is 10.1. The van der Waals surface area contributed by atoms with E-state index in [-0.39, 0.29) is 17.7 Å². The van der Waals surface area contributed by atoms with Crippen LogP contribution in [0.25, 0.3) is 6.08 Å². The average molecular weight is 489 g/mol. The highest BCUT2D eigenvalue weighted by Crippen LogP contribution is 2.18. The lowest BCUT2D eigenvalue weighted by molar-refractivity contribution is -0.141. The van der Waals surface area contributed by atoms with Crippen LogP contribution in [0.1, 0.15) is 101 Å². The first-order valence-electron chi connectivity index (χ1n) is 13.0. The quantitative estimate of drug-likeness (QED) is 0.104. The molecule has 0 amide bonds. The third kappa shape index (κ3) is 13.7. The predicted octanol–water partition coefficient (Wildman–Crippen LogP) is 5.92. The summed E-state index contributed by atoms with van der Waals surface area (Å²) < 4.78 is 11.7. The van der Waals surface area contributed by atoms with E-state index in [4.69, 9.17) is 9.84 Å². The van der Waals surface area contributed by atoms with Crippen LogP contribution in [0.5, 0.6) is 0 Å². The molecule has 1 rings (SSSR count). The van der Waals surface area contributed by atoms with Crippen molar-refractivity contribution in [3.8, 4) is 0 Å². The van der Waals surface area contributed by atoms with Gasteiger partial charge >= 0.3 is 11.9 Å². The van der Waals surface area contributed by atoms with Crippen LogP contribution in [0.2, 0.25) is 0 Å². The third-order valence-corrected chi connectivity index (χ3v) is 5.85. The molecule has 0 aromatic carbocycles. The summed E-state index contributed by atoms with van der Waals surface area (Å²) in [5.41, 5.74) is 3.09. The van der Waals surface area contributed by atoms with Gasteiger partial charge in [0.1, 0.15) is 0 Å². The first-order chi connectivity index (χ1) is 16.9. The van der Waals surface area contributed by atoms with Crippen molar-refractivity contribution >= 4 is 23.8 Å². The van der Waals surface area contributed by atoms with E-state index < -0.39 is 0 Å². The summed E-state index contributed by atoms with van der Waals surface area (Å²) in [4.78, 5) is 34.3. The molecule has 0 aliphatic carbocycles. The predicted molar refractivity (Wildman–Crippen MR) is 139 cm³/mol. The zero-order valence-electron chi connectivity index (χ0n) is 22.1. The number of carbonyl (C=O) groups excluding carboxylic acids is 3. The van der Waals surface area contributed by atoms with E-state index >= 15 is 0 Å². The molecule has 0 spiro atoms. The summed E-state index contributed by atoms with van der Waals surface area (Å²) in [5, 5.41) is 4.80. The fraction of sp³-hybridized carbons (Fsp3) is 0.643. The van der Waals surface area contributed by atoms with E-state index in [1.54, 1.807) is 6.08 Å². The molecule has 0 fully saturated rings. The van der Waals surface area contributed by atoms with Crippen LogP contribution in [-0.2, 0) is 36.8 Å².